The second kappa shape index (κ2) is 6.59. The van der Waals surface area contributed by atoms with Gasteiger partial charge in [0.2, 0.25) is 0 Å². The van der Waals surface area contributed by atoms with Crippen LogP contribution in [0.2, 0.25) is 0 Å². The number of thiazole rings is 1. The lowest BCUT2D eigenvalue weighted by atomic mass is 9.92. The van der Waals surface area contributed by atoms with Gasteiger partial charge >= 0.3 is 0 Å². The molecular weight excluding hydrogens is 314 g/mol. The van der Waals surface area contributed by atoms with Gasteiger partial charge in [0.1, 0.15) is 10.7 Å². The van der Waals surface area contributed by atoms with Crippen LogP contribution in [0.1, 0.15) is 22.5 Å². The zero-order valence-electron chi connectivity index (χ0n) is 12.9. The second-order valence-electron chi connectivity index (χ2n) is 5.84. The first-order valence-electron chi connectivity index (χ1n) is 7.45. The van der Waals surface area contributed by atoms with E-state index >= 15 is 0 Å². The molecule has 2 aromatic rings. The van der Waals surface area contributed by atoms with Crippen molar-refractivity contribution >= 4 is 23.1 Å². The number of rotatable bonds is 4. The Morgan fingerprint density at radius 3 is 3.00 bits per heavy atom. The summed E-state index contributed by atoms with van der Waals surface area (Å²) in [6, 6.07) is 0. The zero-order chi connectivity index (χ0) is 16.3. The first kappa shape index (κ1) is 15.8. The highest BCUT2D eigenvalue weighted by Gasteiger charge is 2.36. The Hall–Kier alpha value is -2.06. The molecule has 1 aliphatic rings. The fourth-order valence-electron chi connectivity index (χ4n) is 2.91. The van der Waals surface area contributed by atoms with Crippen LogP contribution in [0.5, 0.6) is 0 Å². The van der Waals surface area contributed by atoms with Crippen molar-refractivity contribution in [1.82, 2.24) is 19.9 Å². The number of anilines is 1. The fraction of sp³-hybridized carbons (Fsp3) is 0.467. The molecule has 122 valence electrons. The Kier molecular flexibility index (Phi) is 4.53. The number of carbonyl (C=O) groups is 1. The summed E-state index contributed by atoms with van der Waals surface area (Å²) in [5.41, 5.74) is 0.678. The van der Waals surface area contributed by atoms with Crippen molar-refractivity contribution in [1.29, 1.82) is 0 Å². The average molecular weight is 333 g/mol. The number of amides is 1. The first-order chi connectivity index (χ1) is 11.1. The minimum absolute atomic E-state index is 0.113. The predicted octanol–water partition coefficient (Wildman–Crippen LogP) is 1.04. The number of nitrogens with zero attached hydrogens (tertiary/aromatic N) is 5. The number of likely N-dealkylation sites (N-methyl/N-ethyl adjacent to an activating group) is 1. The van der Waals surface area contributed by atoms with Gasteiger partial charge in [0, 0.05) is 32.5 Å². The summed E-state index contributed by atoms with van der Waals surface area (Å²) >= 11 is 1.31. The first-order valence-corrected chi connectivity index (χ1v) is 8.33. The van der Waals surface area contributed by atoms with E-state index in [1.165, 1.54) is 11.3 Å². The summed E-state index contributed by atoms with van der Waals surface area (Å²) in [6.07, 6.45) is 8.02. The molecular formula is C15H19N5O2S. The van der Waals surface area contributed by atoms with Crippen molar-refractivity contribution in [3.8, 4) is 0 Å². The summed E-state index contributed by atoms with van der Waals surface area (Å²) in [4.78, 5) is 28.8. The molecule has 0 aliphatic carbocycles. The summed E-state index contributed by atoms with van der Waals surface area (Å²) in [5, 5.41) is 10.9. The molecule has 23 heavy (non-hydrogen) atoms. The fourth-order valence-corrected chi connectivity index (χ4v) is 3.53. The number of hydrogen-bond donors (Lipinski definition) is 1. The summed E-state index contributed by atoms with van der Waals surface area (Å²) in [5.74, 6) is 0.639. The predicted molar refractivity (Wildman–Crippen MR) is 87.5 cm³/mol. The van der Waals surface area contributed by atoms with Crippen LogP contribution in [-0.4, -0.2) is 63.1 Å². The van der Waals surface area contributed by atoms with Crippen LogP contribution in [0.15, 0.2) is 30.3 Å². The van der Waals surface area contributed by atoms with Crippen LogP contribution in [0.4, 0.5) is 5.82 Å². The molecule has 1 fully saturated rings. The standard InChI is InChI=1S/C15H19N5O2S/c1-19(14(21)12-7-17-11-23-12)9-15(22)3-2-6-20(10-15)13-8-16-4-5-18-13/h4-5,7-8,11,22H,2-3,6,9-10H2,1H3/t15-/m0/s1. The van der Waals surface area contributed by atoms with Crippen molar-refractivity contribution < 1.29 is 9.90 Å². The maximum absolute atomic E-state index is 12.3. The maximum atomic E-state index is 12.3. The third kappa shape index (κ3) is 3.65. The molecule has 0 aromatic carbocycles. The van der Waals surface area contributed by atoms with Gasteiger partial charge in [-0.05, 0) is 12.8 Å². The number of piperidine rings is 1. The molecule has 1 amide bonds. The number of aromatic nitrogens is 3. The molecule has 0 saturated carbocycles. The van der Waals surface area contributed by atoms with Gasteiger partial charge in [0.05, 0.1) is 30.1 Å². The molecule has 0 spiro atoms. The molecule has 0 bridgehead atoms. The van der Waals surface area contributed by atoms with E-state index in [0.717, 1.165) is 18.8 Å². The van der Waals surface area contributed by atoms with Crippen molar-refractivity contribution in [2.75, 3.05) is 31.6 Å². The van der Waals surface area contributed by atoms with E-state index in [1.54, 1.807) is 42.2 Å². The number of hydrogen-bond acceptors (Lipinski definition) is 7. The van der Waals surface area contributed by atoms with Gasteiger partial charge in [-0.3, -0.25) is 14.8 Å². The molecule has 1 N–H and O–H groups in total. The van der Waals surface area contributed by atoms with Crippen molar-refractivity contribution in [2.24, 2.45) is 0 Å². The zero-order valence-corrected chi connectivity index (χ0v) is 13.7. The van der Waals surface area contributed by atoms with Crippen molar-refractivity contribution in [3.05, 3.63) is 35.2 Å². The quantitative estimate of drug-likeness (QED) is 0.900. The van der Waals surface area contributed by atoms with Crippen LogP contribution >= 0.6 is 11.3 Å². The highest BCUT2D eigenvalue weighted by molar-refractivity contribution is 7.11. The molecule has 2 aromatic heterocycles. The number of aliphatic hydroxyl groups is 1. The molecule has 1 atom stereocenters. The smallest absolute Gasteiger partial charge is 0.265 e. The minimum atomic E-state index is -0.954. The van der Waals surface area contributed by atoms with Gasteiger partial charge in [-0.15, -0.1) is 11.3 Å². The van der Waals surface area contributed by atoms with Crippen LogP contribution in [0.25, 0.3) is 0 Å². The van der Waals surface area contributed by atoms with E-state index < -0.39 is 5.60 Å². The normalized spacial score (nSPS) is 21.2. The topological polar surface area (TPSA) is 82.5 Å². The third-order valence-corrected chi connectivity index (χ3v) is 4.71. The van der Waals surface area contributed by atoms with E-state index in [0.29, 0.717) is 17.8 Å². The van der Waals surface area contributed by atoms with E-state index in [1.807, 2.05) is 4.90 Å². The van der Waals surface area contributed by atoms with Gasteiger partial charge in [0.25, 0.3) is 5.91 Å². The van der Waals surface area contributed by atoms with Crippen LogP contribution in [-0.2, 0) is 0 Å². The molecule has 8 heteroatoms. The Bertz CT molecular complexity index is 651. The molecule has 3 rings (SSSR count). The average Bonchev–Trinajstić information content (AvgIpc) is 3.09. The Balaban J connectivity index is 1.67. The minimum Gasteiger partial charge on any atom is -0.386 e. The monoisotopic (exact) mass is 333 g/mol. The van der Waals surface area contributed by atoms with E-state index in [9.17, 15) is 9.90 Å². The van der Waals surface area contributed by atoms with Crippen LogP contribution in [0.3, 0.4) is 0 Å². The summed E-state index contributed by atoms with van der Waals surface area (Å²) in [7, 11) is 1.71. The lowest BCUT2D eigenvalue weighted by Gasteiger charge is -2.41. The van der Waals surface area contributed by atoms with Crippen molar-refractivity contribution in [2.45, 2.75) is 18.4 Å². The highest BCUT2D eigenvalue weighted by atomic mass is 32.1. The van der Waals surface area contributed by atoms with Gasteiger partial charge in [-0.25, -0.2) is 4.98 Å². The largest absolute Gasteiger partial charge is 0.386 e. The molecule has 1 aliphatic heterocycles. The second-order valence-corrected chi connectivity index (χ2v) is 6.73. The summed E-state index contributed by atoms with van der Waals surface area (Å²) in [6.45, 7) is 1.54. The third-order valence-electron chi connectivity index (χ3n) is 3.95. The van der Waals surface area contributed by atoms with Gasteiger partial charge in [-0.2, -0.15) is 0 Å². The lowest BCUT2D eigenvalue weighted by molar-refractivity contribution is -0.0000286. The number of carbonyl (C=O) groups excluding carboxylic acids is 1. The van der Waals surface area contributed by atoms with Crippen LogP contribution in [0, 0.1) is 0 Å². The van der Waals surface area contributed by atoms with E-state index in [4.69, 9.17) is 0 Å². The number of β-amino-alcohol motifs (C(OH)–C–C–N with tert-alkyl or cyclic N) is 1. The van der Waals surface area contributed by atoms with E-state index in [-0.39, 0.29) is 12.5 Å². The molecule has 1 saturated heterocycles. The molecule has 0 unspecified atom stereocenters. The Morgan fingerprint density at radius 2 is 2.30 bits per heavy atom. The lowest BCUT2D eigenvalue weighted by Crippen LogP contribution is -2.54. The van der Waals surface area contributed by atoms with Crippen molar-refractivity contribution in [3.63, 3.8) is 0 Å². The van der Waals surface area contributed by atoms with Gasteiger partial charge in [0.15, 0.2) is 0 Å². The molecule has 3 heterocycles. The van der Waals surface area contributed by atoms with E-state index in [2.05, 4.69) is 15.0 Å². The highest BCUT2D eigenvalue weighted by Crippen LogP contribution is 2.25. The molecule has 7 nitrogen and oxygen atoms in total. The van der Waals surface area contributed by atoms with Crippen LogP contribution < -0.4 is 4.90 Å². The van der Waals surface area contributed by atoms with Gasteiger partial charge in [-0.1, -0.05) is 0 Å². The molecule has 0 radical (unpaired) electrons. The Labute approximate surface area is 138 Å². The van der Waals surface area contributed by atoms with Gasteiger partial charge < -0.3 is 14.9 Å². The Morgan fingerprint density at radius 1 is 1.43 bits per heavy atom. The SMILES string of the molecule is CN(C[C@@]1(O)CCCN(c2cnccn2)C1)C(=O)c1cncs1. The maximum Gasteiger partial charge on any atom is 0.265 e. The summed E-state index contributed by atoms with van der Waals surface area (Å²) < 4.78 is 0.